The van der Waals surface area contributed by atoms with Gasteiger partial charge in [0.05, 0.1) is 5.02 Å². The molecule has 0 N–H and O–H groups in total. The Morgan fingerprint density at radius 3 is 2.69 bits per heavy atom. The summed E-state index contributed by atoms with van der Waals surface area (Å²) >= 11 is 6.28. The maximum atomic E-state index is 13.3. The molecule has 2 heterocycles. The first-order valence-corrected chi connectivity index (χ1v) is 11.9. The molecule has 5 nitrogen and oxygen atoms in total. The fourth-order valence-corrected chi connectivity index (χ4v) is 6.34. The Hall–Kier alpha value is -1.89. The molecule has 0 spiro atoms. The smallest absolute Gasteiger partial charge is 0.258 e. The van der Waals surface area contributed by atoms with E-state index in [0.29, 0.717) is 31.1 Å². The van der Waals surface area contributed by atoms with Gasteiger partial charge in [-0.05, 0) is 61.4 Å². The minimum Gasteiger partial charge on any atom is -0.308 e. The summed E-state index contributed by atoms with van der Waals surface area (Å²) in [5, 5.41) is 0.152. The molecular formula is C22H25ClN2O3S. The molecular weight excluding hydrogens is 408 g/mol. The van der Waals surface area contributed by atoms with Gasteiger partial charge in [-0.2, -0.15) is 4.31 Å². The van der Waals surface area contributed by atoms with Crippen molar-refractivity contribution < 1.29 is 13.2 Å². The third-order valence-corrected chi connectivity index (χ3v) is 8.12. The van der Waals surface area contributed by atoms with Crippen molar-refractivity contribution in [3.63, 3.8) is 0 Å². The zero-order valence-electron chi connectivity index (χ0n) is 16.5. The van der Waals surface area contributed by atoms with Gasteiger partial charge in [-0.15, -0.1) is 0 Å². The number of carbonyl (C=O) groups excluding carboxylic acids is 1. The largest absolute Gasteiger partial charge is 0.308 e. The molecule has 154 valence electrons. The van der Waals surface area contributed by atoms with E-state index in [1.807, 2.05) is 24.3 Å². The first-order valence-electron chi connectivity index (χ1n) is 10.1. The summed E-state index contributed by atoms with van der Waals surface area (Å²) in [4.78, 5) is 15.0. The summed E-state index contributed by atoms with van der Waals surface area (Å²) < 4.78 is 27.9. The van der Waals surface area contributed by atoms with Crippen LogP contribution in [-0.2, 0) is 16.4 Å². The molecule has 1 amide bonds. The number of halogens is 1. The molecule has 4 rings (SSSR count). The van der Waals surface area contributed by atoms with Crippen LogP contribution >= 0.6 is 11.6 Å². The van der Waals surface area contributed by atoms with E-state index in [1.54, 1.807) is 11.0 Å². The minimum atomic E-state index is -3.74. The van der Waals surface area contributed by atoms with Crippen molar-refractivity contribution in [2.75, 3.05) is 24.5 Å². The summed E-state index contributed by atoms with van der Waals surface area (Å²) in [7, 11) is -3.74. The Kier molecular flexibility index (Phi) is 5.69. The number of anilines is 1. The van der Waals surface area contributed by atoms with E-state index in [9.17, 15) is 13.2 Å². The summed E-state index contributed by atoms with van der Waals surface area (Å²) in [6.45, 7) is 3.64. The van der Waals surface area contributed by atoms with Crippen molar-refractivity contribution >= 4 is 33.2 Å². The SMILES string of the molecule is CC1CCCN(S(=O)(=O)c2cc(C(=O)N3CCCc4ccccc43)ccc2Cl)C1. The molecule has 2 aliphatic heterocycles. The van der Waals surface area contributed by atoms with E-state index >= 15 is 0 Å². The van der Waals surface area contributed by atoms with E-state index in [-0.39, 0.29) is 15.8 Å². The third kappa shape index (κ3) is 3.93. The number of amides is 1. The van der Waals surface area contributed by atoms with Crippen molar-refractivity contribution in [2.24, 2.45) is 5.92 Å². The minimum absolute atomic E-state index is 0.0180. The number of fused-ring (bicyclic) bond motifs is 1. The van der Waals surface area contributed by atoms with Crippen molar-refractivity contribution in [1.82, 2.24) is 4.31 Å². The zero-order chi connectivity index (χ0) is 20.6. The standard InChI is InChI=1S/C22H25ClN2O3S/c1-16-6-4-12-24(15-16)29(27,28)21-14-18(10-11-19(21)23)22(26)25-13-5-8-17-7-2-3-9-20(17)25/h2-3,7,9-11,14,16H,4-6,8,12-13,15H2,1H3. The number of nitrogens with zero attached hydrogens (tertiary/aromatic N) is 2. The van der Waals surface area contributed by atoms with Crippen LogP contribution in [0.25, 0.3) is 0 Å². The summed E-state index contributed by atoms with van der Waals surface area (Å²) in [6.07, 6.45) is 3.67. The maximum Gasteiger partial charge on any atom is 0.258 e. The Morgan fingerprint density at radius 2 is 1.90 bits per heavy atom. The Bertz CT molecular complexity index is 1040. The van der Waals surface area contributed by atoms with E-state index in [2.05, 4.69) is 6.92 Å². The number of benzene rings is 2. The van der Waals surface area contributed by atoms with Gasteiger partial charge in [-0.25, -0.2) is 8.42 Å². The molecule has 2 aliphatic rings. The van der Waals surface area contributed by atoms with Crippen molar-refractivity contribution in [1.29, 1.82) is 0 Å². The van der Waals surface area contributed by atoms with Crippen LogP contribution in [0.1, 0.15) is 42.1 Å². The van der Waals surface area contributed by atoms with Crippen LogP contribution in [0.15, 0.2) is 47.4 Å². The average molecular weight is 433 g/mol. The second-order valence-corrected chi connectivity index (χ2v) is 10.3. The van der Waals surface area contributed by atoms with Crippen LogP contribution < -0.4 is 4.90 Å². The molecule has 0 aliphatic carbocycles. The van der Waals surface area contributed by atoms with Crippen LogP contribution in [0, 0.1) is 5.92 Å². The Morgan fingerprint density at radius 1 is 1.10 bits per heavy atom. The molecule has 1 unspecified atom stereocenters. The van der Waals surface area contributed by atoms with E-state index in [1.165, 1.54) is 16.4 Å². The number of rotatable bonds is 3. The predicted molar refractivity (Wildman–Crippen MR) is 115 cm³/mol. The number of hydrogen-bond donors (Lipinski definition) is 0. The molecule has 7 heteroatoms. The van der Waals surface area contributed by atoms with Gasteiger partial charge in [0.25, 0.3) is 5.91 Å². The monoisotopic (exact) mass is 432 g/mol. The van der Waals surface area contributed by atoms with Crippen molar-refractivity contribution in [3.05, 3.63) is 58.6 Å². The molecule has 1 fully saturated rings. The van der Waals surface area contributed by atoms with Gasteiger partial charge in [0.1, 0.15) is 4.90 Å². The van der Waals surface area contributed by atoms with Gasteiger partial charge >= 0.3 is 0 Å². The van der Waals surface area contributed by atoms with Gasteiger partial charge in [0.2, 0.25) is 10.0 Å². The van der Waals surface area contributed by atoms with Crippen LogP contribution in [0.4, 0.5) is 5.69 Å². The van der Waals surface area contributed by atoms with E-state index in [0.717, 1.165) is 36.9 Å². The lowest BCUT2D eigenvalue weighted by molar-refractivity contribution is 0.0985. The molecule has 0 bridgehead atoms. The highest BCUT2D eigenvalue weighted by atomic mass is 35.5. The molecule has 29 heavy (non-hydrogen) atoms. The quantitative estimate of drug-likeness (QED) is 0.724. The highest BCUT2D eigenvalue weighted by molar-refractivity contribution is 7.89. The first-order chi connectivity index (χ1) is 13.9. The summed E-state index contributed by atoms with van der Waals surface area (Å²) in [5.74, 6) is 0.115. The number of sulfonamides is 1. The summed E-state index contributed by atoms with van der Waals surface area (Å²) in [5.41, 5.74) is 2.37. The molecule has 0 saturated carbocycles. The van der Waals surface area contributed by atoms with Gasteiger partial charge in [-0.3, -0.25) is 4.79 Å². The van der Waals surface area contributed by atoms with Crippen LogP contribution in [-0.4, -0.2) is 38.3 Å². The molecule has 0 aromatic heterocycles. The maximum absolute atomic E-state index is 13.3. The lowest BCUT2D eigenvalue weighted by Gasteiger charge is -2.31. The molecule has 2 aromatic rings. The molecule has 2 aromatic carbocycles. The van der Waals surface area contributed by atoms with Crippen LogP contribution in [0.3, 0.4) is 0 Å². The van der Waals surface area contributed by atoms with Crippen molar-refractivity contribution in [2.45, 2.75) is 37.5 Å². The Labute approximate surface area is 177 Å². The zero-order valence-corrected chi connectivity index (χ0v) is 18.0. The van der Waals surface area contributed by atoms with Gasteiger partial charge < -0.3 is 4.90 Å². The van der Waals surface area contributed by atoms with Crippen LogP contribution in [0.5, 0.6) is 0 Å². The number of carbonyl (C=O) groups is 1. The fraction of sp³-hybridized carbons (Fsp3) is 0.409. The lowest BCUT2D eigenvalue weighted by Crippen LogP contribution is -2.39. The predicted octanol–water partition coefficient (Wildman–Crippen LogP) is 4.35. The lowest BCUT2D eigenvalue weighted by atomic mass is 10.0. The normalized spacial score (nSPS) is 20.3. The molecule has 1 saturated heterocycles. The fourth-order valence-electron chi connectivity index (χ4n) is 4.24. The average Bonchev–Trinajstić information content (AvgIpc) is 2.73. The molecule has 1 atom stereocenters. The van der Waals surface area contributed by atoms with Gasteiger partial charge in [0.15, 0.2) is 0 Å². The van der Waals surface area contributed by atoms with Gasteiger partial charge in [0, 0.05) is 30.9 Å². The van der Waals surface area contributed by atoms with E-state index < -0.39 is 10.0 Å². The van der Waals surface area contributed by atoms with Gasteiger partial charge in [-0.1, -0.05) is 36.7 Å². The Balaban J connectivity index is 1.68. The van der Waals surface area contributed by atoms with Crippen LogP contribution in [0.2, 0.25) is 5.02 Å². The number of aryl methyl sites for hydroxylation is 1. The topological polar surface area (TPSA) is 57.7 Å². The number of hydrogen-bond acceptors (Lipinski definition) is 3. The third-order valence-electron chi connectivity index (χ3n) is 5.77. The highest BCUT2D eigenvalue weighted by Gasteiger charge is 2.32. The number of para-hydroxylation sites is 1. The number of piperidine rings is 1. The second kappa shape index (κ2) is 8.09. The van der Waals surface area contributed by atoms with Crippen molar-refractivity contribution in [3.8, 4) is 0 Å². The second-order valence-electron chi connectivity index (χ2n) is 7.94. The summed E-state index contributed by atoms with van der Waals surface area (Å²) in [6, 6.07) is 12.4. The first kappa shape index (κ1) is 20.4. The van der Waals surface area contributed by atoms with E-state index in [4.69, 9.17) is 11.6 Å². The highest BCUT2D eigenvalue weighted by Crippen LogP contribution is 2.32. The molecule has 0 radical (unpaired) electrons.